The van der Waals surface area contributed by atoms with Gasteiger partial charge in [-0.2, -0.15) is 0 Å². The highest BCUT2D eigenvalue weighted by atomic mass is 33.1. The summed E-state index contributed by atoms with van der Waals surface area (Å²) in [6.07, 6.45) is 2.60. The van der Waals surface area contributed by atoms with Crippen LogP contribution in [0.2, 0.25) is 0 Å². The summed E-state index contributed by atoms with van der Waals surface area (Å²) in [5.74, 6) is -15.8. The topological polar surface area (TPSA) is 644 Å². The average molecular weight is 1760 g/mol. The van der Waals surface area contributed by atoms with Gasteiger partial charge in [-0.1, -0.05) is 79.6 Å². The molecule has 3 aliphatic rings. The van der Waals surface area contributed by atoms with Gasteiger partial charge in [0.2, 0.25) is 94.5 Å². The van der Waals surface area contributed by atoms with E-state index in [0.717, 1.165) is 65.3 Å². The first-order chi connectivity index (χ1) is 57.6. The van der Waals surface area contributed by atoms with E-state index in [1.165, 1.54) is 72.6 Å². The summed E-state index contributed by atoms with van der Waals surface area (Å²) in [4.78, 5) is 244. The van der Waals surface area contributed by atoms with Crippen molar-refractivity contribution >= 4 is 183 Å². The minimum atomic E-state index is -1.74. The van der Waals surface area contributed by atoms with Gasteiger partial charge in [0.1, 0.15) is 66.3 Å². The average Bonchev–Trinajstić information content (AvgIpc) is 1.72. The van der Waals surface area contributed by atoms with Crippen LogP contribution < -0.4 is 86.3 Å². The number of benzene rings is 3. The molecule has 3 aromatic carbocycles. The van der Waals surface area contributed by atoms with Crippen molar-refractivity contribution in [3.63, 3.8) is 0 Å². The van der Waals surface area contributed by atoms with Gasteiger partial charge in [-0.3, -0.25) is 91.7 Å². The van der Waals surface area contributed by atoms with Gasteiger partial charge in [0, 0.05) is 107 Å². The van der Waals surface area contributed by atoms with Gasteiger partial charge >= 0.3 is 11.9 Å². The molecule has 41 nitrogen and oxygen atoms in total. The van der Waals surface area contributed by atoms with Gasteiger partial charge < -0.3 is 116 Å². The third-order valence-corrected chi connectivity index (χ3v) is 24.2. The third kappa shape index (κ3) is 30.7. The van der Waals surface area contributed by atoms with Crippen molar-refractivity contribution in [3.05, 3.63) is 102 Å². The van der Waals surface area contributed by atoms with Crippen LogP contribution in [0.3, 0.4) is 0 Å². The fraction of sp³-hybridized carbons (Fsp3) is 0.461. The molecule has 3 fully saturated rings. The van der Waals surface area contributed by atoms with Gasteiger partial charge in [-0.05, 0) is 114 Å². The molecule has 10 unspecified atom stereocenters. The normalized spacial score (nSPS) is 22.9. The maximum absolute atomic E-state index is 14.1. The summed E-state index contributed by atoms with van der Waals surface area (Å²) in [6.45, 7) is 4.96. The molecule has 5 aromatic rings. The van der Waals surface area contributed by atoms with Crippen molar-refractivity contribution in [2.75, 3.05) is 74.1 Å². The Hall–Kier alpha value is -12.0. The summed E-state index contributed by atoms with van der Waals surface area (Å²) in [5, 5.41) is 61.1. The maximum Gasteiger partial charge on any atom is 0.305 e. The maximum atomic E-state index is 14.1. The van der Waals surface area contributed by atoms with Crippen LogP contribution in [0.5, 0.6) is 0 Å². The van der Waals surface area contributed by atoms with E-state index in [-0.39, 0.29) is 86.0 Å². The predicted molar refractivity (Wildman–Crippen MR) is 450 cm³/mol. The number of nitrogens with two attached hydrogens (primary N) is 3. The van der Waals surface area contributed by atoms with Crippen molar-refractivity contribution in [1.29, 1.82) is 5.41 Å². The molecule has 3 aliphatic heterocycles. The van der Waals surface area contributed by atoms with E-state index in [9.17, 15) is 96.5 Å². The Labute approximate surface area is 709 Å². The molecule has 8 rings (SSSR count). The number of nitrogens with one attached hydrogen (secondary N) is 16. The molecule has 3 saturated heterocycles. The number of hydrogen-bond acceptors (Lipinski definition) is 24. The standard InChI is InChI=1S/C39H49N11O10S2.C37H52N10O10S2/c1-20-39(60)50(13-11-23-17-43-26-6-4-3-5-25(23)26)21(2)36(57)49-29(35(42)56)19-62-61-14-12-30(51)47-27(15-31(52)46-24-9-7-22(8-10-24)34(40)41)37(58)44-18-32(53)48-28(16-33(54)55)38(59)45-20;1-20-37(57)47(13-9-23-16-40-25-6-4-3-5-24(23)25)21(2)33(53)46-28(32(38)52)19-59-58-14-10-29(48)45-27(17-41-34(54)22-7-11-39-12-8-22)35(55)42-18-30(49)44-26(15-31(50)51)36(56)43-20/h3-10,17,20-21,27-29,43H,11-16,18-19H2,1-2H3,(H3,40,41)(H2,42,56)(H,44,58)(H,45,59)(H,46,52)(H,47,51)(H,48,53)(H,49,57)(H,54,55);3-6,16,20-22,26-28,39-40H,7-15,17-19H2,1-2H3,(H2,38,52)(H,41,54)(H,42,55)(H,43,56)(H,44,49)(H,45,48)(H,46,53)(H,50,51). The van der Waals surface area contributed by atoms with Crippen LogP contribution in [0.4, 0.5) is 5.69 Å². The van der Waals surface area contributed by atoms with Crippen molar-refractivity contribution in [2.24, 2.45) is 23.1 Å². The Morgan fingerprint density at radius 3 is 1.34 bits per heavy atom. The first-order valence-electron chi connectivity index (χ1n) is 38.5. The van der Waals surface area contributed by atoms with Crippen LogP contribution in [-0.4, -0.2) is 272 Å². The van der Waals surface area contributed by atoms with Crippen LogP contribution in [0.1, 0.15) is 89.3 Å². The SMILES string of the molecule is CC1NC(=O)C(CC(=O)O)NC(=O)CNC(=O)C(CC(=O)Nc2ccc(C(=N)N)cc2)NC(=O)CCSSCC(C(N)=O)NC(=O)C(C)N(CCc2c[nH]c3ccccc23)C1=O.CC1NC(=O)C(CC(=O)O)NC(=O)CNC(=O)C(CNC(=O)C2CCNCC2)NC(=O)CCSSCC(C(N)=O)NC(=O)C(C)N(CCc2c[nH]c3ccccc23)C1=O. The molecule has 5 heterocycles. The van der Waals surface area contributed by atoms with Crippen molar-refractivity contribution in [2.45, 2.75) is 146 Å². The molecular formula is C76H101N21O20S4. The Morgan fingerprint density at radius 1 is 0.496 bits per heavy atom. The monoisotopic (exact) mass is 1760 g/mol. The number of anilines is 1. The first-order valence-corrected chi connectivity index (χ1v) is 43.4. The number of amidine groups is 1. The number of primary amides is 2. The number of carboxylic acids is 2. The summed E-state index contributed by atoms with van der Waals surface area (Å²) < 4.78 is 0. The molecule has 0 spiro atoms. The molecule has 0 aliphatic carbocycles. The Morgan fingerprint density at radius 2 is 0.909 bits per heavy atom. The molecule has 24 N–H and O–H groups in total. The Balaban J connectivity index is 0.000000334. The molecule has 0 radical (unpaired) electrons. The Bertz CT molecular complexity index is 4620. The minimum Gasteiger partial charge on any atom is -0.481 e. The van der Waals surface area contributed by atoms with E-state index in [1.54, 1.807) is 12.4 Å². The van der Waals surface area contributed by atoms with Crippen molar-refractivity contribution < 1.29 is 96.5 Å². The number of nitrogen functional groups attached to an aromatic ring is 1. The van der Waals surface area contributed by atoms with E-state index < -0.39 is 193 Å². The zero-order chi connectivity index (χ0) is 88.6. The van der Waals surface area contributed by atoms with Gasteiger partial charge in [0.05, 0.1) is 32.4 Å². The lowest BCUT2D eigenvalue weighted by Gasteiger charge is -2.32. The second-order valence-electron chi connectivity index (χ2n) is 28.4. The number of amides is 16. The molecule has 16 amide bonds. The predicted octanol–water partition coefficient (Wildman–Crippen LogP) is -3.08. The van der Waals surface area contributed by atoms with E-state index in [0.29, 0.717) is 37.2 Å². The van der Waals surface area contributed by atoms with E-state index in [4.69, 9.17) is 22.6 Å². The van der Waals surface area contributed by atoms with Crippen LogP contribution in [0, 0.1) is 11.3 Å². The molecule has 0 bridgehead atoms. The smallest absolute Gasteiger partial charge is 0.305 e. The van der Waals surface area contributed by atoms with Gasteiger partial charge in [-0.15, -0.1) is 0 Å². The summed E-state index contributed by atoms with van der Waals surface area (Å²) in [5.41, 5.74) is 20.8. The number of aromatic nitrogens is 2. The second-order valence-corrected chi connectivity index (χ2v) is 33.6. The highest BCUT2D eigenvalue weighted by Crippen LogP contribution is 2.26. The van der Waals surface area contributed by atoms with E-state index in [1.807, 2.05) is 48.5 Å². The largest absolute Gasteiger partial charge is 0.481 e. The minimum absolute atomic E-state index is 0.00949. The quantitative estimate of drug-likeness (QED) is 0.0221. The van der Waals surface area contributed by atoms with Crippen molar-refractivity contribution in [3.8, 4) is 0 Å². The fourth-order valence-corrected chi connectivity index (χ4v) is 17.0. The van der Waals surface area contributed by atoms with Gasteiger partial charge in [0.15, 0.2) is 0 Å². The lowest BCUT2D eigenvalue weighted by Crippen LogP contribution is -2.59. The lowest BCUT2D eigenvalue weighted by atomic mass is 9.97. The Kier molecular flexibility index (Phi) is 37.9. The summed E-state index contributed by atoms with van der Waals surface area (Å²) in [6, 6.07) is 7.17. The number of rotatable bonds is 19. The van der Waals surface area contributed by atoms with Crippen LogP contribution >= 0.6 is 43.2 Å². The first kappa shape index (κ1) is 96.2. The van der Waals surface area contributed by atoms with Crippen LogP contribution in [-0.2, 0) is 99.1 Å². The number of para-hydroxylation sites is 2. The number of carboxylic acid groups (broad SMARTS) is 2. The number of carbonyl (C=O) groups excluding carboxylic acids is 16. The van der Waals surface area contributed by atoms with E-state index in [2.05, 4.69) is 79.1 Å². The molecule has 121 heavy (non-hydrogen) atoms. The van der Waals surface area contributed by atoms with Gasteiger partial charge in [-0.25, -0.2) is 0 Å². The second kappa shape index (κ2) is 47.7. The molecule has 45 heteroatoms. The number of aromatic amines is 2. The molecule has 10 atom stereocenters. The highest BCUT2D eigenvalue weighted by Gasteiger charge is 2.38. The van der Waals surface area contributed by atoms with Crippen LogP contribution in [0.15, 0.2) is 85.2 Å². The zero-order valence-corrected chi connectivity index (χ0v) is 69.8. The number of hydrogen-bond donors (Lipinski definition) is 21. The number of H-pyrrole nitrogens is 2. The molecule has 654 valence electrons. The lowest BCUT2D eigenvalue weighted by molar-refractivity contribution is -0.144. The summed E-state index contributed by atoms with van der Waals surface area (Å²) in [7, 11) is 4.65. The number of fused-ring (bicyclic) bond motifs is 2. The number of aliphatic carboxylic acids is 2. The van der Waals surface area contributed by atoms with Crippen LogP contribution in [0.25, 0.3) is 21.8 Å². The molecule has 2 aromatic heterocycles. The number of nitrogens with zero attached hydrogens (tertiary/aromatic N) is 2. The number of carbonyl (C=O) groups is 18. The summed E-state index contributed by atoms with van der Waals surface area (Å²) >= 11 is 0. The molecule has 0 saturated carbocycles. The third-order valence-electron chi connectivity index (χ3n) is 19.4. The highest BCUT2D eigenvalue weighted by molar-refractivity contribution is 8.77. The van der Waals surface area contributed by atoms with Crippen molar-refractivity contribution in [1.82, 2.24) is 83.6 Å². The van der Waals surface area contributed by atoms with Gasteiger partial charge in [0.25, 0.3) is 0 Å². The van der Waals surface area contributed by atoms with E-state index >= 15 is 0 Å². The fourth-order valence-electron chi connectivity index (χ4n) is 12.6. The number of piperidine rings is 1. The zero-order valence-electron chi connectivity index (χ0n) is 66.6. The molecular weight excluding hydrogens is 1660 g/mol.